The molecule has 0 aliphatic heterocycles. The van der Waals surface area contributed by atoms with E-state index in [-0.39, 0.29) is 0 Å². The fourth-order valence-corrected chi connectivity index (χ4v) is 1.96. The second-order valence-corrected chi connectivity index (χ2v) is 4.95. The van der Waals surface area contributed by atoms with Crippen molar-refractivity contribution >= 4 is 18.1 Å². The zero-order valence-corrected chi connectivity index (χ0v) is 12.6. The van der Waals surface area contributed by atoms with Crippen LogP contribution in [0.15, 0.2) is 66.7 Å². The highest BCUT2D eigenvalue weighted by atomic mass is 15.1. The molecule has 0 fully saturated rings. The zero-order chi connectivity index (χ0) is 15.8. The Morgan fingerprint density at radius 1 is 0.909 bits per heavy atom. The first kappa shape index (κ1) is 15.6. The van der Waals surface area contributed by atoms with Crippen molar-refractivity contribution in [3.8, 4) is 0 Å². The van der Waals surface area contributed by atoms with Gasteiger partial charge in [0.25, 0.3) is 0 Å². The highest BCUT2D eigenvalue weighted by Crippen LogP contribution is 2.07. The number of hydrogen-bond donors (Lipinski definition) is 2. The van der Waals surface area contributed by atoms with E-state index in [4.69, 9.17) is 5.73 Å². The van der Waals surface area contributed by atoms with Crippen LogP contribution in [0.25, 0.3) is 12.2 Å². The van der Waals surface area contributed by atoms with Crippen LogP contribution in [0.5, 0.6) is 0 Å². The van der Waals surface area contributed by atoms with Gasteiger partial charge in [-0.1, -0.05) is 73.8 Å². The summed E-state index contributed by atoms with van der Waals surface area (Å²) < 4.78 is 0. The minimum absolute atomic E-state index is 0.445. The molecule has 0 bridgehead atoms. The van der Waals surface area contributed by atoms with Crippen LogP contribution in [-0.2, 0) is 13.1 Å². The van der Waals surface area contributed by atoms with E-state index >= 15 is 0 Å². The number of hydrogen-bond acceptors (Lipinski definition) is 1. The fraction of sp³-hybridized carbons (Fsp3) is 0.105. The third-order valence-corrected chi connectivity index (χ3v) is 3.34. The first-order valence-electron chi connectivity index (χ1n) is 7.18. The van der Waals surface area contributed by atoms with Crippen LogP contribution in [0.3, 0.4) is 0 Å². The van der Waals surface area contributed by atoms with Crippen molar-refractivity contribution < 1.29 is 0 Å². The summed E-state index contributed by atoms with van der Waals surface area (Å²) in [5.41, 5.74) is 10.4. The molecule has 22 heavy (non-hydrogen) atoms. The molecule has 0 radical (unpaired) electrons. The van der Waals surface area contributed by atoms with E-state index in [0.29, 0.717) is 19.0 Å². The summed E-state index contributed by atoms with van der Waals surface area (Å²) in [7, 11) is 0. The maximum Gasteiger partial charge on any atom is 0.189 e. The molecule has 0 aliphatic carbocycles. The highest BCUT2D eigenvalue weighted by Gasteiger charge is 1.96. The van der Waals surface area contributed by atoms with Gasteiger partial charge in [-0.05, 0) is 22.3 Å². The summed E-state index contributed by atoms with van der Waals surface area (Å²) in [4.78, 5) is 4.34. The van der Waals surface area contributed by atoms with E-state index in [1.54, 1.807) is 0 Å². The van der Waals surface area contributed by atoms with E-state index in [2.05, 4.69) is 23.5 Å². The van der Waals surface area contributed by atoms with Gasteiger partial charge in [0.15, 0.2) is 5.96 Å². The summed E-state index contributed by atoms with van der Waals surface area (Å²) in [5, 5.41) is 3.11. The molecule has 3 nitrogen and oxygen atoms in total. The van der Waals surface area contributed by atoms with E-state index < -0.39 is 0 Å². The second kappa shape index (κ2) is 7.84. The first-order valence-corrected chi connectivity index (χ1v) is 7.18. The number of benzene rings is 2. The summed E-state index contributed by atoms with van der Waals surface area (Å²) >= 11 is 0. The topological polar surface area (TPSA) is 50.4 Å². The molecular formula is C19H21N3. The average Bonchev–Trinajstić information content (AvgIpc) is 2.59. The van der Waals surface area contributed by atoms with Crippen molar-refractivity contribution in [3.05, 3.63) is 83.9 Å². The van der Waals surface area contributed by atoms with Gasteiger partial charge < -0.3 is 11.1 Å². The molecule has 2 rings (SSSR count). The van der Waals surface area contributed by atoms with Crippen molar-refractivity contribution in [3.63, 3.8) is 0 Å². The molecule has 0 saturated carbocycles. The van der Waals surface area contributed by atoms with Gasteiger partial charge >= 0.3 is 0 Å². The minimum atomic E-state index is 0.445. The van der Waals surface area contributed by atoms with Gasteiger partial charge in [-0.3, -0.25) is 0 Å². The molecule has 0 unspecified atom stereocenters. The lowest BCUT2D eigenvalue weighted by Gasteiger charge is -2.06. The van der Waals surface area contributed by atoms with Gasteiger partial charge in [0, 0.05) is 6.54 Å². The predicted octanol–water partition coefficient (Wildman–Crippen LogP) is 3.58. The monoisotopic (exact) mass is 291 g/mol. The van der Waals surface area contributed by atoms with Crippen LogP contribution in [0.4, 0.5) is 0 Å². The fourth-order valence-electron chi connectivity index (χ4n) is 1.96. The maximum absolute atomic E-state index is 5.89. The Bertz CT molecular complexity index is 652. The average molecular weight is 291 g/mol. The van der Waals surface area contributed by atoms with Crippen molar-refractivity contribution in [2.24, 2.45) is 10.7 Å². The maximum atomic E-state index is 5.89. The quantitative estimate of drug-likeness (QED) is 0.631. The molecule has 0 aromatic heterocycles. The molecule has 3 N–H and O–H groups in total. The SMILES string of the molecule is C=Cc1ccc(CN=C(N)NCc2ccc(C=C)cc2)cc1. The molecule has 0 atom stereocenters. The molecule has 3 heteroatoms. The molecule has 112 valence electrons. The summed E-state index contributed by atoms with van der Waals surface area (Å²) in [5.74, 6) is 0.445. The molecule has 2 aromatic carbocycles. The Morgan fingerprint density at radius 3 is 1.91 bits per heavy atom. The van der Waals surface area contributed by atoms with Gasteiger partial charge in [0.05, 0.1) is 6.54 Å². The number of nitrogens with one attached hydrogen (secondary N) is 1. The van der Waals surface area contributed by atoms with E-state index in [9.17, 15) is 0 Å². The van der Waals surface area contributed by atoms with E-state index in [1.807, 2.05) is 60.7 Å². The molecule has 0 heterocycles. The summed E-state index contributed by atoms with van der Waals surface area (Å²) in [6.07, 6.45) is 3.64. The van der Waals surface area contributed by atoms with Gasteiger partial charge in [-0.15, -0.1) is 0 Å². The molecular weight excluding hydrogens is 270 g/mol. The van der Waals surface area contributed by atoms with Crippen molar-refractivity contribution in [1.29, 1.82) is 0 Å². The highest BCUT2D eigenvalue weighted by molar-refractivity contribution is 5.77. The Labute approximate surface area is 131 Å². The van der Waals surface area contributed by atoms with E-state index in [1.165, 1.54) is 0 Å². The van der Waals surface area contributed by atoms with Crippen molar-refractivity contribution in [2.75, 3.05) is 0 Å². The molecule has 0 saturated heterocycles. The Hall–Kier alpha value is -2.81. The van der Waals surface area contributed by atoms with Crippen LogP contribution in [0.2, 0.25) is 0 Å². The number of nitrogens with two attached hydrogens (primary N) is 1. The van der Waals surface area contributed by atoms with Gasteiger partial charge in [-0.2, -0.15) is 0 Å². The van der Waals surface area contributed by atoms with Crippen molar-refractivity contribution in [1.82, 2.24) is 5.32 Å². The van der Waals surface area contributed by atoms with Crippen molar-refractivity contribution in [2.45, 2.75) is 13.1 Å². The molecule has 2 aromatic rings. The molecule has 0 aliphatic rings. The predicted molar refractivity (Wildman–Crippen MR) is 95.2 cm³/mol. The largest absolute Gasteiger partial charge is 0.370 e. The number of nitrogens with zero attached hydrogens (tertiary/aromatic N) is 1. The molecule has 0 amide bonds. The van der Waals surface area contributed by atoms with Crippen LogP contribution < -0.4 is 11.1 Å². The second-order valence-electron chi connectivity index (χ2n) is 4.95. The third-order valence-electron chi connectivity index (χ3n) is 3.34. The van der Waals surface area contributed by atoms with Crippen LogP contribution >= 0.6 is 0 Å². The first-order chi connectivity index (χ1) is 10.7. The summed E-state index contributed by atoms with van der Waals surface area (Å²) in [6, 6.07) is 16.2. The number of rotatable bonds is 6. The van der Waals surface area contributed by atoms with Gasteiger partial charge in [0.1, 0.15) is 0 Å². The Kier molecular flexibility index (Phi) is 5.55. The lowest BCUT2D eigenvalue weighted by molar-refractivity contribution is 0.885. The standard InChI is InChI=1S/C19H21N3/c1-3-15-5-9-17(10-6-15)13-21-19(20)22-14-18-11-7-16(4-2)8-12-18/h3-12H,1-2,13-14H2,(H3,20,21,22). The Morgan fingerprint density at radius 2 is 1.41 bits per heavy atom. The van der Waals surface area contributed by atoms with E-state index in [0.717, 1.165) is 22.3 Å². The van der Waals surface area contributed by atoms with Crippen LogP contribution in [0, 0.1) is 0 Å². The molecule has 0 spiro atoms. The smallest absolute Gasteiger partial charge is 0.189 e. The van der Waals surface area contributed by atoms with Crippen LogP contribution in [0.1, 0.15) is 22.3 Å². The Balaban J connectivity index is 1.85. The zero-order valence-electron chi connectivity index (χ0n) is 12.6. The number of guanidine groups is 1. The van der Waals surface area contributed by atoms with Gasteiger partial charge in [-0.25, -0.2) is 4.99 Å². The summed E-state index contributed by atoms with van der Waals surface area (Å²) in [6.45, 7) is 8.69. The normalized spacial score (nSPS) is 11.0. The lowest BCUT2D eigenvalue weighted by Crippen LogP contribution is -2.31. The lowest BCUT2D eigenvalue weighted by atomic mass is 10.1. The third kappa shape index (κ3) is 4.63. The van der Waals surface area contributed by atoms with Crippen LogP contribution in [-0.4, -0.2) is 5.96 Å². The number of aliphatic imine (C=N–C) groups is 1. The minimum Gasteiger partial charge on any atom is -0.370 e. The van der Waals surface area contributed by atoms with Gasteiger partial charge in [0.2, 0.25) is 0 Å².